The molecule has 0 saturated carbocycles. The van der Waals surface area contributed by atoms with Crippen molar-refractivity contribution in [2.24, 2.45) is 0 Å². The van der Waals surface area contributed by atoms with Gasteiger partial charge in [-0.25, -0.2) is 0 Å². The fraction of sp³-hybridized carbons (Fsp3) is 0.600. The van der Waals surface area contributed by atoms with Gasteiger partial charge in [-0.3, -0.25) is 0 Å². The van der Waals surface area contributed by atoms with E-state index < -0.39 is 7.82 Å². The average molecular weight is 210 g/mol. The zero-order valence-electron chi connectivity index (χ0n) is 7.70. The number of rotatable bonds is 4. The molecule has 0 unspecified atom stereocenters. The van der Waals surface area contributed by atoms with E-state index in [-0.39, 0.29) is 65.7 Å². The molecule has 0 bridgehead atoms. The van der Waals surface area contributed by atoms with E-state index in [0.717, 1.165) is 5.57 Å². The summed E-state index contributed by atoms with van der Waals surface area (Å²) in [6.07, 6.45) is 0.397. The Balaban J connectivity index is -0.000000405. The zero-order chi connectivity index (χ0) is 8.20. The van der Waals surface area contributed by atoms with Crippen LogP contribution in [0.1, 0.15) is 13.3 Å². The van der Waals surface area contributed by atoms with E-state index in [1.807, 2.05) is 0 Å². The van der Waals surface area contributed by atoms with E-state index in [1.54, 1.807) is 6.92 Å². The van der Waals surface area contributed by atoms with Crippen LogP contribution < -0.4 is 68.9 Å². The van der Waals surface area contributed by atoms with E-state index in [2.05, 4.69) is 11.1 Å². The second-order valence-corrected chi connectivity index (χ2v) is 3.14. The van der Waals surface area contributed by atoms with Crippen molar-refractivity contribution in [3.8, 4) is 0 Å². The van der Waals surface area contributed by atoms with Crippen LogP contribution in [0.4, 0.5) is 0 Å². The van der Waals surface area contributed by atoms with E-state index in [0.29, 0.717) is 6.42 Å². The molecule has 0 N–H and O–H groups in total. The van der Waals surface area contributed by atoms with Gasteiger partial charge in [0.2, 0.25) is 0 Å². The molecule has 0 fully saturated rings. The Labute approximate surface area is 117 Å². The van der Waals surface area contributed by atoms with Crippen LogP contribution in [0.2, 0.25) is 0 Å². The average Bonchev–Trinajstić information content (AvgIpc) is 1.59. The fourth-order valence-electron chi connectivity index (χ4n) is 0.332. The standard InChI is InChI=1S/C5H11O4P.2Na/c1-5(2)3-4-9-10(6,7)8;;/h1,3-4H2,2H3,(H2,6,7,8);;/q;2*+1/p-2. The van der Waals surface area contributed by atoms with Crippen LogP contribution in [0, 0.1) is 0 Å². The summed E-state index contributed by atoms with van der Waals surface area (Å²) < 4.78 is 13.8. The molecule has 0 rings (SSSR count). The maximum absolute atomic E-state index is 9.83. The first kappa shape index (κ1) is 19.4. The quantitative estimate of drug-likeness (QED) is 0.263. The van der Waals surface area contributed by atoms with Gasteiger partial charge in [0.15, 0.2) is 0 Å². The molecule has 0 radical (unpaired) electrons. The van der Waals surface area contributed by atoms with Crippen molar-refractivity contribution >= 4 is 7.82 Å². The first-order chi connectivity index (χ1) is 4.42. The molecule has 0 heterocycles. The minimum absolute atomic E-state index is 0. The summed E-state index contributed by atoms with van der Waals surface area (Å²) in [4.78, 5) is 19.7. The smallest absolute Gasteiger partial charge is 0.790 e. The van der Waals surface area contributed by atoms with Gasteiger partial charge in [0, 0.05) is 0 Å². The Bertz CT molecular complexity index is 167. The molecule has 60 valence electrons. The predicted octanol–water partition coefficient (Wildman–Crippen LogP) is -6.19. The summed E-state index contributed by atoms with van der Waals surface area (Å²) >= 11 is 0. The molecule has 0 atom stereocenters. The fourth-order valence-corrected chi connectivity index (χ4v) is 0.647. The van der Waals surface area contributed by atoms with Gasteiger partial charge in [0.05, 0.1) is 14.4 Å². The van der Waals surface area contributed by atoms with Gasteiger partial charge in [-0.15, -0.1) is 6.58 Å². The normalized spacial score (nSPS) is 9.58. The van der Waals surface area contributed by atoms with Crippen LogP contribution in [-0.4, -0.2) is 6.61 Å². The molecule has 0 spiro atoms. The molecule has 0 aromatic carbocycles. The summed E-state index contributed by atoms with van der Waals surface area (Å²) in [6, 6.07) is 0. The van der Waals surface area contributed by atoms with Crippen molar-refractivity contribution < 1.29 is 78.0 Å². The SMILES string of the molecule is C=C(C)CCOP(=O)([O-])[O-].[Na+].[Na+]. The third kappa shape index (κ3) is 17.8. The van der Waals surface area contributed by atoms with E-state index in [4.69, 9.17) is 0 Å². The van der Waals surface area contributed by atoms with Crippen molar-refractivity contribution in [2.45, 2.75) is 13.3 Å². The van der Waals surface area contributed by atoms with Crippen molar-refractivity contribution in [1.82, 2.24) is 0 Å². The molecule has 0 amide bonds. The molecule has 0 aromatic rings. The maximum atomic E-state index is 9.83. The second kappa shape index (κ2) is 9.41. The van der Waals surface area contributed by atoms with Crippen LogP contribution in [0.15, 0.2) is 12.2 Å². The van der Waals surface area contributed by atoms with Crippen LogP contribution in [0.25, 0.3) is 0 Å². The van der Waals surface area contributed by atoms with Crippen LogP contribution >= 0.6 is 7.82 Å². The van der Waals surface area contributed by atoms with Crippen LogP contribution in [-0.2, 0) is 9.09 Å². The van der Waals surface area contributed by atoms with Gasteiger partial charge >= 0.3 is 59.1 Å². The first-order valence-corrected chi connectivity index (χ1v) is 4.19. The third-order valence-corrected chi connectivity index (χ3v) is 1.28. The Kier molecular flexibility index (Phi) is 15.2. The minimum Gasteiger partial charge on any atom is -0.790 e. The number of hydrogen-bond donors (Lipinski definition) is 0. The van der Waals surface area contributed by atoms with Crippen molar-refractivity contribution in [2.75, 3.05) is 6.61 Å². The van der Waals surface area contributed by atoms with Gasteiger partial charge in [0.25, 0.3) is 0 Å². The molecule has 7 heteroatoms. The number of phosphoric ester groups is 1. The molecule has 0 saturated heterocycles. The number of phosphoric acid groups is 1. The van der Waals surface area contributed by atoms with Gasteiger partial charge in [-0.2, -0.15) is 0 Å². The summed E-state index contributed by atoms with van der Waals surface area (Å²) in [7, 11) is -4.76. The summed E-state index contributed by atoms with van der Waals surface area (Å²) in [5, 5.41) is 0. The van der Waals surface area contributed by atoms with Gasteiger partial charge in [-0.1, -0.05) is 5.57 Å². The van der Waals surface area contributed by atoms with Gasteiger partial charge in [0.1, 0.15) is 0 Å². The molecular weight excluding hydrogens is 201 g/mol. The van der Waals surface area contributed by atoms with Gasteiger partial charge in [-0.05, 0) is 13.3 Å². The van der Waals surface area contributed by atoms with E-state index in [1.165, 1.54) is 0 Å². The van der Waals surface area contributed by atoms with Crippen molar-refractivity contribution in [3.63, 3.8) is 0 Å². The molecule has 12 heavy (non-hydrogen) atoms. The molecule has 0 aromatic heterocycles. The Morgan fingerprint density at radius 1 is 1.50 bits per heavy atom. The molecule has 0 aliphatic heterocycles. The monoisotopic (exact) mass is 210 g/mol. The molecule has 4 nitrogen and oxygen atoms in total. The Morgan fingerprint density at radius 2 is 1.92 bits per heavy atom. The summed E-state index contributed by atoms with van der Waals surface area (Å²) in [5.74, 6) is 0. The second-order valence-electron chi connectivity index (χ2n) is 1.99. The third-order valence-electron chi connectivity index (χ3n) is 0.778. The largest absolute Gasteiger partial charge is 1.00 e. The van der Waals surface area contributed by atoms with Gasteiger partial charge < -0.3 is 18.9 Å². The first-order valence-electron chi connectivity index (χ1n) is 2.73. The van der Waals surface area contributed by atoms with Crippen LogP contribution in [0.5, 0.6) is 0 Å². The Morgan fingerprint density at radius 3 is 2.17 bits per heavy atom. The summed E-state index contributed by atoms with van der Waals surface area (Å²) in [5.41, 5.74) is 0.786. The topological polar surface area (TPSA) is 72.4 Å². The predicted molar refractivity (Wildman–Crippen MR) is 33.0 cm³/mol. The molecular formula is C5H9Na2O4P. The Hall–Kier alpha value is 1.85. The van der Waals surface area contributed by atoms with Crippen molar-refractivity contribution in [3.05, 3.63) is 12.2 Å². The minimum atomic E-state index is -4.76. The maximum Gasteiger partial charge on any atom is 1.00 e. The van der Waals surface area contributed by atoms with E-state index >= 15 is 0 Å². The molecule has 0 aliphatic rings. The summed E-state index contributed by atoms with van der Waals surface area (Å²) in [6.45, 7) is 5.13. The zero-order valence-corrected chi connectivity index (χ0v) is 12.6. The molecule has 0 aliphatic carbocycles. The number of hydrogen-bond acceptors (Lipinski definition) is 4. The van der Waals surface area contributed by atoms with E-state index in [9.17, 15) is 14.4 Å². The van der Waals surface area contributed by atoms with Crippen LogP contribution in [0.3, 0.4) is 0 Å². The van der Waals surface area contributed by atoms with Crippen molar-refractivity contribution in [1.29, 1.82) is 0 Å².